The van der Waals surface area contributed by atoms with Gasteiger partial charge in [0.15, 0.2) is 0 Å². The molecule has 1 aromatic rings. The van der Waals surface area contributed by atoms with Gasteiger partial charge in [-0.2, -0.15) is 0 Å². The first kappa shape index (κ1) is 15.4. The van der Waals surface area contributed by atoms with Crippen LogP contribution in [-0.2, 0) is 4.79 Å². The van der Waals surface area contributed by atoms with Gasteiger partial charge in [-0.3, -0.25) is 9.59 Å². The molecule has 0 aromatic heterocycles. The summed E-state index contributed by atoms with van der Waals surface area (Å²) in [6, 6.07) is 5.68. The Balaban J connectivity index is 2.11. The highest BCUT2D eigenvalue weighted by molar-refractivity contribution is 5.95. The van der Waals surface area contributed by atoms with Crippen LogP contribution in [0, 0.1) is 12.8 Å². The molecule has 1 aromatic carbocycles. The maximum Gasteiger partial charge on any atom is 0.306 e. The van der Waals surface area contributed by atoms with Crippen molar-refractivity contribution >= 4 is 17.6 Å². The van der Waals surface area contributed by atoms with Crippen LogP contribution < -0.4 is 10.6 Å². The molecule has 0 spiro atoms. The van der Waals surface area contributed by atoms with Crippen molar-refractivity contribution in [1.29, 1.82) is 0 Å². The Kier molecular flexibility index (Phi) is 4.83. The maximum absolute atomic E-state index is 11.7. The van der Waals surface area contributed by atoms with Crippen LogP contribution in [0.2, 0.25) is 0 Å². The minimum Gasteiger partial charge on any atom is -0.481 e. The highest BCUT2D eigenvalue weighted by Crippen LogP contribution is 2.28. The number of carbonyl (C=O) groups is 2. The number of carboxylic acids is 1. The van der Waals surface area contributed by atoms with E-state index in [1.807, 2.05) is 19.1 Å². The number of hydrogen-bond acceptors (Lipinski definition) is 3. The Morgan fingerprint density at radius 2 is 2.05 bits per heavy atom. The molecular weight excluding hydrogens is 268 g/mol. The fraction of sp³-hybridized carbons (Fsp3) is 0.500. The van der Waals surface area contributed by atoms with Gasteiger partial charge in [0.05, 0.1) is 5.92 Å². The fourth-order valence-electron chi connectivity index (χ4n) is 2.83. The zero-order chi connectivity index (χ0) is 15.4. The lowest BCUT2D eigenvalue weighted by Gasteiger charge is -2.28. The van der Waals surface area contributed by atoms with Crippen molar-refractivity contribution in [2.75, 3.05) is 12.4 Å². The molecule has 0 bridgehead atoms. The summed E-state index contributed by atoms with van der Waals surface area (Å²) in [5, 5.41) is 15.2. The van der Waals surface area contributed by atoms with Gasteiger partial charge in [0.25, 0.3) is 5.91 Å². The molecule has 1 saturated carbocycles. The van der Waals surface area contributed by atoms with Crippen molar-refractivity contribution in [2.24, 2.45) is 5.92 Å². The Labute approximate surface area is 124 Å². The third kappa shape index (κ3) is 3.74. The van der Waals surface area contributed by atoms with Crippen LogP contribution in [0.4, 0.5) is 5.69 Å². The van der Waals surface area contributed by atoms with E-state index >= 15 is 0 Å². The SMILES string of the molecule is CNC(=O)c1ccc(C)c(NC2CCCC(C(=O)O)C2)c1. The van der Waals surface area contributed by atoms with E-state index in [0.29, 0.717) is 12.0 Å². The Bertz CT molecular complexity index is 542. The fourth-order valence-corrected chi connectivity index (χ4v) is 2.83. The molecule has 5 heteroatoms. The van der Waals surface area contributed by atoms with Gasteiger partial charge in [-0.25, -0.2) is 0 Å². The Morgan fingerprint density at radius 1 is 1.29 bits per heavy atom. The van der Waals surface area contributed by atoms with E-state index in [1.165, 1.54) is 0 Å². The van der Waals surface area contributed by atoms with E-state index in [0.717, 1.165) is 30.5 Å². The molecule has 1 fully saturated rings. The molecule has 0 radical (unpaired) electrons. The van der Waals surface area contributed by atoms with Crippen LogP contribution in [0.1, 0.15) is 41.6 Å². The lowest BCUT2D eigenvalue weighted by atomic mass is 9.85. The largest absolute Gasteiger partial charge is 0.481 e. The first-order valence-corrected chi connectivity index (χ1v) is 7.33. The molecule has 2 unspecified atom stereocenters. The first-order valence-electron chi connectivity index (χ1n) is 7.33. The summed E-state index contributed by atoms with van der Waals surface area (Å²) in [7, 11) is 1.61. The van der Waals surface area contributed by atoms with E-state index < -0.39 is 5.97 Å². The van der Waals surface area contributed by atoms with E-state index in [4.69, 9.17) is 5.11 Å². The van der Waals surface area contributed by atoms with Crippen molar-refractivity contribution in [1.82, 2.24) is 5.32 Å². The number of hydrogen-bond donors (Lipinski definition) is 3. The number of anilines is 1. The van der Waals surface area contributed by atoms with Gasteiger partial charge in [0, 0.05) is 24.3 Å². The second-order valence-electron chi connectivity index (χ2n) is 5.65. The zero-order valence-corrected chi connectivity index (χ0v) is 12.5. The van der Waals surface area contributed by atoms with Gasteiger partial charge in [-0.05, 0) is 43.9 Å². The van der Waals surface area contributed by atoms with E-state index in [9.17, 15) is 9.59 Å². The van der Waals surface area contributed by atoms with Crippen LogP contribution in [-0.4, -0.2) is 30.1 Å². The van der Waals surface area contributed by atoms with Crippen molar-refractivity contribution in [2.45, 2.75) is 38.6 Å². The van der Waals surface area contributed by atoms with Crippen LogP contribution in [0.3, 0.4) is 0 Å². The molecule has 1 amide bonds. The molecule has 2 rings (SSSR count). The number of nitrogens with one attached hydrogen (secondary N) is 2. The molecule has 0 heterocycles. The molecule has 114 valence electrons. The summed E-state index contributed by atoms with van der Waals surface area (Å²) in [4.78, 5) is 22.8. The quantitative estimate of drug-likeness (QED) is 0.795. The van der Waals surface area contributed by atoms with E-state index in [2.05, 4.69) is 10.6 Å². The Morgan fingerprint density at radius 3 is 2.71 bits per heavy atom. The van der Waals surface area contributed by atoms with Gasteiger partial charge in [-0.1, -0.05) is 12.5 Å². The van der Waals surface area contributed by atoms with E-state index in [-0.39, 0.29) is 17.9 Å². The monoisotopic (exact) mass is 290 g/mol. The lowest BCUT2D eigenvalue weighted by Crippen LogP contribution is -2.31. The smallest absolute Gasteiger partial charge is 0.306 e. The van der Waals surface area contributed by atoms with Gasteiger partial charge < -0.3 is 15.7 Å². The standard InChI is InChI=1S/C16H22N2O3/c1-10-6-7-11(15(19)17-2)9-14(10)18-13-5-3-4-12(8-13)16(20)21/h6-7,9,12-13,18H,3-5,8H2,1-2H3,(H,17,19)(H,20,21). The molecule has 21 heavy (non-hydrogen) atoms. The summed E-state index contributed by atoms with van der Waals surface area (Å²) in [6.07, 6.45) is 3.28. The average Bonchev–Trinajstić information content (AvgIpc) is 2.49. The predicted octanol–water partition coefficient (Wildman–Crippen LogP) is 2.41. The number of amides is 1. The predicted molar refractivity (Wildman–Crippen MR) is 81.6 cm³/mol. The molecule has 5 nitrogen and oxygen atoms in total. The van der Waals surface area contributed by atoms with Gasteiger partial charge in [-0.15, -0.1) is 0 Å². The molecule has 1 aliphatic rings. The maximum atomic E-state index is 11.7. The third-order valence-corrected chi connectivity index (χ3v) is 4.11. The van der Waals surface area contributed by atoms with Gasteiger partial charge in [0.2, 0.25) is 0 Å². The number of carboxylic acid groups (broad SMARTS) is 1. The normalized spacial score (nSPS) is 21.6. The summed E-state index contributed by atoms with van der Waals surface area (Å²) in [5.74, 6) is -1.10. The molecular formula is C16H22N2O3. The van der Waals surface area contributed by atoms with Gasteiger partial charge in [0.1, 0.15) is 0 Å². The highest BCUT2D eigenvalue weighted by atomic mass is 16.4. The topological polar surface area (TPSA) is 78.4 Å². The Hall–Kier alpha value is -2.04. The summed E-state index contributed by atoms with van der Waals surface area (Å²) in [6.45, 7) is 1.98. The van der Waals surface area contributed by atoms with Crippen LogP contribution in [0.25, 0.3) is 0 Å². The number of benzene rings is 1. The summed E-state index contributed by atoms with van der Waals surface area (Å²) < 4.78 is 0. The van der Waals surface area contributed by atoms with Crippen molar-refractivity contribution < 1.29 is 14.7 Å². The minimum absolute atomic E-state index is 0.120. The molecule has 0 saturated heterocycles. The average molecular weight is 290 g/mol. The van der Waals surface area contributed by atoms with Crippen molar-refractivity contribution in [3.05, 3.63) is 29.3 Å². The van der Waals surface area contributed by atoms with Crippen molar-refractivity contribution in [3.8, 4) is 0 Å². The number of rotatable bonds is 4. The molecule has 2 atom stereocenters. The molecule has 0 aliphatic heterocycles. The van der Waals surface area contributed by atoms with E-state index in [1.54, 1.807) is 13.1 Å². The number of carbonyl (C=O) groups excluding carboxylic acids is 1. The van der Waals surface area contributed by atoms with Crippen molar-refractivity contribution in [3.63, 3.8) is 0 Å². The van der Waals surface area contributed by atoms with Gasteiger partial charge >= 0.3 is 5.97 Å². The summed E-state index contributed by atoms with van der Waals surface area (Å²) >= 11 is 0. The van der Waals surface area contributed by atoms with Crippen LogP contribution >= 0.6 is 0 Å². The zero-order valence-electron chi connectivity index (χ0n) is 12.5. The van der Waals surface area contributed by atoms with Crippen LogP contribution in [0.5, 0.6) is 0 Å². The molecule has 1 aliphatic carbocycles. The van der Waals surface area contributed by atoms with Crippen LogP contribution in [0.15, 0.2) is 18.2 Å². The second-order valence-corrected chi connectivity index (χ2v) is 5.65. The highest BCUT2D eigenvalue weighted by Gasteiger charge is 2.27. The number of aliphatic carboxylic acids is 1. The number of aryl methyl sites for hydroxylation is 1. The third-order valence-electron chi connectivity index (χ3n) is 4.11. The summed E-state index contributed by atoms with van der Waals surface area (Å²) in [5.41, 5.74) is 2.57. The minimum atomic E-state index is -0.711. The molecule has 3 N–H and O–H groups in total. The second kappa shape index (κ2) is 6.61. The lowest BCUT2D eigenvalue weighted by molar-refractivity contribution is -0.142. The first-order chi connectivity index (χ1) is 10.0.